The van der Waals surface area contributed by atoms with E-state index in [-0.39, 0.29) is 17.6 Å². The van der Waals surface area contributed by atoms with Gasteiger partial charge >= 0.3 is 0 Å². The molecule has 1 fully saturated rings. The number of hydrogen-bond donors (Lipinski definition) is 1. The summed E-state index contributed by atoms with van der Waals surface area (Å²) in [6.45, 7) is 4.87. The third-order valence-electron chi connectivity index (χ3n) is 7.28. The van der Waals surface area contributed by atoms with Crippen molar-refractivity contribution in [3.8, 4) is 0 Å². The molecule has 5 nitrogen and oxygen atoms in total. The molecule has 1 aliphatic heterocycles. The number of benzene rings is 4. The molecule has 0 unspecified atom stereocenters. The van der Waals surface area contributed by atoms with E-state index in [1.54, 1.807) is 24.3 Å². The highest BCUT2D eigenvalue weighted by Crippen LogP contribution is 2.38. The minimum Gasteiger partial charge on any atom is -0.340 e. The summed E-state index contributed by atoms with van der Waals surface area (Å²) in [4.78, 5) is 28.6. The second-order valence-electron chi connectivity index (χ2n) is 10.1. The van der Waals surface area contributed by atoms with E-state index in [1.807, 2.05) is 18.2 Å². The van der Waals surface area contributed by atoms with Gasteiger partial charge in [0.2, 0.25) is 0 Å². The van der Waals surface area contributed by atoms with Crippen LogP contribution in [0.25, 0.3) is 17.0 Å². The number of hydrogen-bond acceptors (Lipinski definition) is 4. The van der Waals surface area contributed by atoms with E-state index >= 15 is 0 Å². The molecule has 208 valence electrons. The summed E-state index contributed by atoms with van der Waals surface area (Å²) in [6.07, 6.45) is 1.92. The average molecular weight is 592 g/mol. The van der Waals surface area contributed by atoms with E-state index in [1.165, 1.54) is 52.1 Å². The number of para-hydroxylation sites is 1. The first-order valence-corrected chi connectivity index (χ1v) is 14.6. The van der Waals surface area contributed by atoms with Gasteiger partial charge in [-0.15, -0.1) is 0 Å². The van der Waals surface area contributed by atoms with Crippen molar-refractivity contribution in [2.45, 2.75) is 20.4 Å². The number of halogens is 1. The molecule has 6 rings (SSSR count). The molecule has 0 saturated carbocycles. The summed E-state index contributed by atoms with van der Waals surface area (Å²) < 4.78 is 15.9. The number of carbonyl (C=O) groups excluding carboxylic acids is 2. The maximum absolute atomic E-state index is 13.7. The van der Waals surface area contributed by atoms with Crippen LogP contribution in [-0.2, 0) is 11.3 Å². The van der Waals surface area contributed by atoms with Gasteiger partial charge in [0.05, 0.1) is 10.6 Å². The molecular weight excluding hydrogens is 566 g/mol. The van der Waals surface area contributed by atoms with Crippen molar-refractivity contribution in [2.75, 3.05) is 10.2 Å². The zero-order valence-electron chi connectivity index (χ0n) is 22.9. The molecule has 0 spiro atoms. The van der Waals surface area contributed by atoms with Gasteiger partial charge in [-0.05, 0) is 74.0 Å². The second kappa shape index (κ2) is 11.4. The van der Waals surface area contributed by atoms with Gasteiger partial charge in [0, 0.05) is 40.0 Å². The Kier molecular flexibility index (Phi) is 7.49. The predicted molar refractivity (Wildman–Crippen MR) is 173 cm³/mol. The van der Waals surface area contributed by atoms with Gasteiger partial charge in [-0.2, -0.15) is 0 Å². The van der Waals surface area contributed by atoms with Crippen LogP contribution in [0.5, 0.6) is 0 Å². The summed E-state index contributed by atoms with van der Waals surface area (Å²) in [7, 11) is 0. The molecule has 42 heavy (non-hydrogen) atoms. The molecule has 0 atom stereocenters. The maximum atomic E-state index is 13.7. The molecule has 0 aliphatic carbocycles. The highest BCUT2D eigenvalue weighted by molar-refractivity contribution is 8.27. The van der Waals surface area contributed by atoms with Gasteiger partial charge in [-0.25, -0.2) is 4.39 Å². The molecule has 5 aromatic rings. The lowest BCUT2D eigenvalue weighted by Gasteiger charge is -2.15. The van der Waals surface area contributed by atoms with Gasteiger partial charge in [0.1, 0.15) is 5.82 Å². The van der Waals surface area contributed by atoms with Crippen molar-refractivity contribution in [3.05, 3.63) is 136 Å². The lowest BCUT2D eigenvalue weighted by molar-refractivity contribution is -0.113. The fraction of sp³-hybridized carbons (Fsp3) is 0.0882. The summed E-state index contributed by atoms with van der Waals surface area (Å²) in [5, 5.41) is 3.81. The van der Waals surface area contributed by atoms with E-state index < -0.39 is 0 Å². The Morgan fingerprint density at radius 3 is 2.45 bits per heavy atom. The molecule has 1 N–H and O–H groups in total. The number of aromatic nitrogens is 1. The molecule has 1 saturated heterocycles. The van der Waals surface area contributed by atoms with Crippen LogP contribution in [0, 0.1) is 19.7 Å². The Bertz CT molecular complexity index is 1890. The molecule has 0 bridgehead atoms. The number of thioether (sulfide) groups is 1. The van der Waals surface area contributed by atoms with E-state index in [9.17, 15) is 14.0 Å². The fourth-order valence-corrected chi connectivity index (χ4v) is 6.34. The lowest BCUT2D eigenvalue weighted by atomic mass is 10.1. The first kappa shape index (κ1) is 27.6. The van der Waals surface area contributed by atoms with Crippen LogP contribution in [0.1, 0.15) is 32.7 Å². The first-order chi connectivity index (χ1) is 20.3. The van der Waals surface area contributed by atoms with Gasteiger partial charge in [0.15, 0.2) is 4.32 Å². The van der Waals surface area contributed by atoms with Gasteiger partial charge in [-0.1, -0.05) is 78.1 Å². The van der Waals surface area contributed by atoms with Gasteiger partial charge in [-0.3, -0.25) is 14.5 Å². The van der Waals surface area contributed by atoms with Crippen molar-refractivity contribution >= 4 is 68.5 Å². The van der Waals surface area contributed by atoms with Crippen LogP contribution >= 0.6 is 24.0 Å². The first-order valence-electron chi connectivity index (χ1n) is 13.4. The third kappa shape index (κ3) is 5.38. The number of nitrogens with zero attached hydrogens (tertiary/aromatic N) is 2. The number of fused-ring (bicyclic) bond motifs is 1. The Morgan fingerprint density at radius 2 is 1.69 bits per heavy atom. The Morgan fingerprint density at radius 1 is 0.952 bits per heavy atom. The second-order valence-corrected chi connectivity index (χ2v) is 11.8. The summed E-state index contributed by atoms with van der Waals surface area (Å²) in [5.74, 6) is -0.999. The van der Waals surface area contributed by atoms with Crippen molar-refractivity contribution in [2.24, 2.45) is 0 Å². The number of carbonyl (C=O) groups is 2. The van der Waals surface area contributed by atoms with E-state index in [4.69, 9.17) is 12.2 Å². The molecule has 2 amide bonds. The third-order valence-corrected chi connectivity index (χ3v) is 8.58. The highest BCUT2D eigenvalue weighted by atomic mass is 32.2. The Balaban J connectivity index is 1.30. The van der Waals surface area contributed by atoms with Gasteiger partial charge in [0.25, 0.3) is 11.8 Å². The van der Waals surface area contributed by atoms with E-state index in [0.29, 0.717) is 32.7 Å². The molecule has 4 aromatic carbocycles. The number of thiocarbonyl (C=S) groups is 1. The SMILES string of the molecule is Cc1ccc(Cn2c(C)c(/C=C3/SC(=S)N(c4cccc(C(=O)Nc5ccc(F)cc5)c4)C3=O)c3ccccc32)cc1. The Hall–Kier alpha value is -4.53. The summed E-state index contributed by atoms with van der Waals surface area (Å²) in [6, 6.07) is 29.0. The largest absolute Gasteiger partial charge is 0.340 e. The Labute approximate surface area is 252 Å². The fourth-order valence-electron chi connectivity index (χ4n) is 5.06. The van der Waals surface area contributed by atoms with Crippen molar-refractivity contribution in [1.82, 2.24) is 4.57 Å². The monoisotopic (exact) mass is 591 g/mol. The number of nitrogens with one attached hydrogen (secondary N) is 1. The quantitative estimate of drug-likeness (QED) is 0.160. The van der Waals surface area contributed by atoms with Crippen LogP contribution in [0.15, 0.2) is 102 Å². The zero-order valence-corrected chi connectivity index (χ0v) is 24.6. The summed E-state index contributed by atoms with van der Waals surface area (Å²) in [5.41, 5.74) is 6.87. The van der Waals surface area contributed by atoms with E-state index in [2.05, 4.69) is 60.1 Å². The zero-order chi connectivity index (χ0) is 29.4. The molecule has 1 aromatic heterocycles. The van der Waals surface area contributed by atoms with Crippen LogP contribution in [0.3, 0.4) is 0 Å². The number of amides is 2. The lowest BCUT2D eigenvalue weighted by Crippen LogP contribution is -2.27. The molecule has 1 aliphatic rings. The van der Waals surface area contributed by atoms with Crippen molar-refractivity contribution in [3.63, 3.8) is 0 Å². The average Bonchev–Trinajstić information content (AvgIpc) is 3.42. The standard InChI is InChI=1S/C34H26FN3O2S2/c1-21-10-12-23(13-11-21)20-37-22(2)29(28-8-3-4-9-30(28)37)19-31-33(40)38(34(41)42-31)27-7-5-6-24(18-27)32(39)36-26-16-14-25(35)15-17-26/h3-19H,20H2,1-2H3,(H,36,39)/b31-19+. The highest BCUT2D eigenvalue weighted by Gasteiger charge is 2.34. The van der Waals surface area contributed by atoms with Gasteiger partial charge < -0.3 is 9.88 Å². The number of rotatable bonds is 6. The van der Waals surface area contributed by atoms with Crippen molar-refractivity contribution < 1.29 is 14.0 Å². The predicted octanol–water partition coefficient (Wildman–Crippen LogP) is 8.10. The van der Waals surface area contributed by atoms with Crippen molar-refractivity contribution in [1.29, 1.82) is 0 Å². The molecular formula is C34H26FN3O2S2. The molecule has 0 radical (unpaired) electrons. The minimum atomic E-state index is -0.386. The normalized spacial score (nSPS) is 14.3. The summed E-state index contributed by atoms with van der Waals surface area (Å²) >= 11 is 6.88. The van der Waals surface area contributed by atoms with Crippen LogP contribution < -0.4 is 10.2 Å². The smallest absolute Gasteiger partial charge is 0.270 e. The van der Waals surface area contributed by atoms with E-state index in [0.717, 1.165) is 22.2 Å². The molecule has 8 heteroatoms. The van der Waals surface area contributed by atoms with Crippen LogP contribution in [-0.4, -0.2) is 20.7 Å². The molecule has 2 heterocycles. The maximum Gasteiger partial charge on any atom is 0.270 e. The number of anilines is 2. The topological polar surface area (TPSA) is 54.3 Å². The minimum absolute atomic E-state index is 0.240. The van der Waals surface area contributed by atoms with Crippen LogP contribution in [0.2, 0.25) is 0 Å². The van der Waals surface area contributed by atoms with Crippen LogP contribution in [0.4, 0.5) is 15.8 Å². The number of aryl methyl sites for hydroxylation is 1.